The molecule has 14 heavy (non-hydrogen) atoms. The van der Waals surface area contributed by atoms with Gasteiger partial charge in [-0.1, -0.05) is 13.8 Å². The Labute approximate surface area is 81.7 Å². The summed E-state index contributed by atoms with van der Waals surface area (Å²) in [5, 5.41) is 8.48. The van der Waals surface area contributed by atoms with E-state index in [9.17, 15) is 14.4 Å². The van der Waals surface area contributed by atoms with E-state index in [1.807, 2.05) is 0 Å². The van der Waals surface area contributed by atoms with Crippen molar-refractivity contribution in [1.29, 1.82) is 0 Å². The monoisotopic (exact) mass is 202 g/mol. The van der Waals surface area contributed by atoms with Crippen LogP contribution in [-0.2, 0) is 14.4 Å². The van der Waals surface area contributed by atoms with Crippen LogP contribution >= 0.6 is 0 Å². The predicted octanol–water partition coefficient (Wildman–Crippen LogP) is -0.959. The fourth-order valence-corrected chi connectivity index (χ4v) is 0.928. The van der Waals surface area contributed by atoms with Crippen LogP contribution < -0.4 is 5.73 Å². The molecule has 0 saturated carbocycles. The number of primary amides is 1. The van der Waals surface area contributed by atoms with E-state index >= 15 is 0 Å². The third-order valence-electron chi connectivity index (χ3n) is 1.48. The van der Waals surface area contributed by atoms with Gasteiger partial charge in [0.25, 0.3) is 0 Å². The molecule has 0 fully saturated rings. The molecule has 3 N–H and O–H groups in total. The number of carboxylic acid groups (broad SMARTS) is 1. The molecule has 6 nitrogen and oxygen atoms in total. The van der Waals surface area contributed by atoms with Crippen LogP contribution in [0, 0.1) is 5.92 Å². The van der Waals surface area contributed by atoms with E-state index in [0.717, 1.165) is 4.90 Å². The number of hydrogen-bond acceptors (Lipinski definition) is 3. The van der Waals surface area contributed by atoms with Gasteiger partial charge >= 0.3 is 5.97 Å². The lowest BCUT2D eigenvalue weighted by Gasteiger charge is -2.20. The third kappa shape index (κ3) is 4.44. The number of carbonyl (C=O) groups is 3. The predicted molar refractivity (Wildman–Crippen MR) is 48.2 cm³/mol. The standard InChI is InChI=1S/C8H14N2O4/c1-5(2)8(14)10(3-6(9)11)4-7(12)13/h5H,3-4H2,1-2H3,(H2,9,11)(H,12,13). The molecular formula is C8H14N2O4. The van der Waals surface area contributed by atoms with E-state index in [4.69, 9.17) is 10.8 Å². The molecule has 0 spiro atoms. The van der Waals surface area contributed by atoms with Gasteiger partial charge in [-0.2, -0.15) is 0 Å². The highest BCUT2D eigenvalue weighted by Gasteiger charge is 2.20. The summed E-state index contributed by atoms with van der Waals surface area (Å²) in [6.07, 6.45) is 0. The fourth-order valence-electron chi connectivity index (χ4n) is 0.928. The first-order chi connectivity index (χ1) is 6.34. The van der Waals surface area contributed by atoms with Crippen LogP contribution in [-0.4, -0.2) is 40.9 Å². The van der Waals surface area contributed by atoms with Gasteiger partial charge in [-0.15, -0.1) is 0 Å². The van der Waals surface area contributed by atoms with Gasteiger partial charge in [0.2, 0.25) is 11.8 Å². The number of carboxylic acids is 1. The van der Waals surface area contributed by atoms with E-state index in [1.165, 1.54) is 0 Å². The molecule has 0 atom stereocenters. The summed E-state index contributed by atoms with van der Waals surface area (Å²) >= 11 is 0. The fraction of sp³-hybridized carbons (Fsp3) is 0.625. The molecule has 0 aliphatic heterocycles. The molecule has 0 bridgehead atoms. The van der Waals surface area contributed by atoms with Crippen LogP contribution in [0.4, 0.5) is 0 Å². The van der Waals surface area contributed by atoms with Crippen molar-refractivity contribution >= 4 is 17.8 Å². The van der Waals surface area contributed by atoms with Crippen LogP contribution in [0.15, 0.2) is 0 Å². The van der Waals surface area contributed by atoms with Gasteiger partial charge in [0.1, 0.15) is 6.54 Å². The van der Waals surface area contributed by atoms with Crippen LogP contribution in [0.2, 0.25) is 0 Å². The first-order valence-electron chi connectivity index (χ1n) is 4.13. The number of rotatable bonds is 5. The van der Waals surface area contributed by atoms with E-state index < -0.39 is 24.3 Å². The van der Waals surface area contributed by atoms with Crippen LogP contribution in [0.1, 0.15) is 13.8 Å². The zero-order valence-corrected chi connectivity index (χ0v) is 8.19. The number of hydrogen-bond donors (Lipinski definition) is 2. The number of nitrogens with two attached hydrogens (primary N) is 1. The highest BCUT2D eigenvalue weighted by molar-refractivity contribution is 5.87. The molecule has 0 radical (unpaired) electrons. The number of carbonyl (C=O) groups excluding carboxylic acids is 2. The lowest BCUT2D eigenvalue weighted by Crippen LogP contribution is -2.43. The summed E-state index contributed by atoms with van der Waals surface area (Å²) in [6.45, 7) is 2.39. The Kier molecular flexibility index (Phi) is 4.62. The zero-order chi connectivity index (χ0) is 11.3. The topological polar surface area (TPSA) is 101 Å². The molecule has 0 heterocycles. The quantitative estimate of drug-likeness (QED) is 0.599. The second-order valence-corrected chi connectivity index (χ2v) is 3.21. The molecule has 80 valence electrons. The van der Waals surface area contributed by atoms with E-state index in [0.29, 0.717) is 0 Å². The summed E-state index contributed by atoms with van der Waals surface area (Å²) in [5.74, 6) is -2.64. The molecule has 2 amide bonds. The molecule has 6 heteroatoms. The maximum atomic E-state index is 11.4. The number of nitrogens with zero attached hydrogens (tertiary/aromatic N) is 1. The highest BCUT2D eigenvalue weighted by Crippen LogP contribution is 2.00. The summed E-state index contributed by atoms with van der Waals surface area (Å²) in [4.78, 5) is 33.2. The molecule has 0 unspecified atom stereocenters. The zero-order valence-electron chi connectivity index (χ0n) is 8.19. The molecule has 0 aliphatic rings. The van der Waals surface area contributed by atoms with E-state index in [2.05, 4.69) is 0 Å². The maximum absolute atomic E-state index is 11.4. The summed E-state index contributed by atoms with van der Waals surface area (Å²) in [6, 6.07) is 0. The number of aliphatic carboxylic acids is 1. The summed E-state index contributed by atoms with van der Waals surface area (Å²) in [7, 11) is 0. The molecule has 0 aromatic heterocycles. The molecule has 0 rings (SSSR count). The van der Waals surface area contributed by atoms with Gasteiger partial charge in [-0.25, -0.2) is 0 Å². The average molecular weight is 202 g/mol. The Balaban J connectivity index is 4.46. The first-order valence-corrected chi connectivity index (χ1v) is 4.13. The van der Waals surface area contributed by atoms with E-state index in [1.54, 1.807) is 13.8 Å². The van der Waals surface area contributed by atoms with Gasteiger partial charge in [-0.05, 0) is 0 Å². The summed E-state index contributed by atoms with van der Waals surface area (Å²) < 4.78 is 0. The van der Waals surface area contributed by atoms with Crippen LogP contribution in [0.5, 0.6) is 0 Å². The highest BCUT2D eigenvalue weighted by atomic mass is 16.4. The Morgan fingerprint density at radius 2 is 1.79 bits per heavy atom. The van der Waals surface area contributed by atoms with Crippen molar-refractivity contribution in [2.24, 2.45) is 11.7 Å². The maximum Gasteiger partial charge on any atom is 0.323 e. The SMILES string of the molecule is CC(C)C(=O)N(CC(N)=O)CC(=O)O. The van der Waals surface area contributed by atoms with Gasteiger partial charge in [0.15, 0.2) is 0 Å². The minimum atomic E-state index is -1.17. The smallest absolute Gasteiger partial charge is 0.323 e. The first kappa shape index (κ1) is 12.4. The van der Waals surface area contributed by atoms with Gasteiger partial charge in [0, 0.05) is 5.92 Å². The van der Waals surface area contributed by atoms with Crippen molar-refractivity contribution in [2.45, 2.75) is 13.8 Å². The molecule has 0 saturated heterocycles. The van der Waals surface area contributed by atoms with Crippen LogP contribution in [0.25, 0.3) is 0 Å². The summed E-state index contributed by atoms with van der Waals surface area (Å²) in [5.41, 5.74) is 4.88. The van der Waals surface area contributed by atoms with Gasteiger partial charge in [-0.3, -0.25) is 14.4 Å². The minimum absolute atomic E-state index is 0.353. The average Bonchev–Trinajstić information content (AvgIpc) is 1.99. The molecule has 0 aliphatic carbocycles. The lowest BCUT2D eigenvalue weighted by molar-refractivity contribution is -0.147. The Bertz CT molecular complexity index is 234. The second-order valence-electron chi connectivity index (χ2n) is 3.21. The second kappa shape index (κ2) is 5.21. The number of amides is 2. The normalized spacial score (nSPS) is 9.93. The molecule has 0 aromatic rings. The van der Waals surface area contributed by atoms with Crippen LogP contribution in [0.3, 0.4) is 0 Å². The molecular weight excluding hydrogens is 188 g/mol. The minimum Gasteiger partial charge on any atom is -0.480 e. The van der Waals surface area contributed by atoms with Crippen molar-refractivity contribution < 1.29 is 19.5 Å². The van der Waals surface area contributed by atoms with Gasteiger partial charge in [0.05, 0.1) is 6.54 Å². The lowest BCUT2D eigenvalue weighted by atomic mass is 10.2. The van der Waals surface area contributed by atoms with Crippen molar-refractivity contribution in [3.63, 3.8) is 0 Å². The van der Waals surface area contributed by atoms with Gasteiger partial charge < -0.3 is 15.7 Å². The Morgan fingerprint density at radius 1 is 1.29 bits per heavy atom. The van der Waals surface area contributed by atoms with Crippen molar-refractivity contribution in [3.8, 4) is 0 Å². The van der Waals surface area contributed by atoms with Crippen molar-refractivity contribution in [1.82, 2.24) is 4.90 Å². The van der Waals surface area contributed by atoms with E-state index in [-0.39, 0.29) is 12.5 Å². The Morgan fingerprint density at radius 3 is 2.07 bits per heavy atom. The third-order valence-corrected chi connectivity index (χ3v) is 1.48. The van der Waals surface area contributed by atoms with Crippen molar-refractivity contribution in [2.75, 3.05) is 13.1 Å². The largest absolute Gasteiger partial charge is 0.480 e. The van der Waals surface area contributed by atoms with Crippen molar-refractivity contribution in [3.05, 3.63) is 0 Å². The molecule has 0 aromatic carbocycles. The Hall–Kier alpha value is -1.59.